The summed E-state index contributed by atoms with van der Waals surface area (Å²) in [6.07, 6.45) is 3.82. The zero-order valence-corrected chi connectivity index (χ0v) is 17.3. The molecule has 1 aromatic carbocycles. The summed E-state index contributed by atoms with van der Waals surface area (Å²) < 4.78 is 5.77. The molecule has 30 heavy (non-hydrogen) atoms. The summed E-state index contributed by atoms with van der Waals surface area (Å²) in [7, 11) is 3.53. The number of carbonyl (C=O) groups excluding carboxylic acids is 1. The summed E-state index contributed by atoms with van der Waals surface area (Å²) in [5, 5.41) is 6.72. The number of amides is 1. The molecule has 1 fully saturated rings. The lowest BCUT2D eigenvalue weighted by atomic mass is 10.1. The van der Waals surface area contributed by atoms with Gasteiger partial charge >= 0.3 is 0 Å². The second-order valence-corrected chi connectivity index (χ2v) is 7.52. The summed E-state index contributed by atoms with van der Waals surface area (Å²) in [5.41, 5.74) is 4.25. The van der Waals surface area contributed by atoms with E-state index in [4.69, 9.17) is 9.72 Å². The van der Waals surface area contributed by atoms with Crippen LogP contribution < -0.4 is 10.6 Å². The van der Waals surface area contributed by atoms with Crippen molar-refractivity contribution in [2.75, 3.05) is 45.7 Å². The minimum absolute atomic E-state index is 0.0766. The van der Waals surface area contributed by atoms with E-state index >= 15 is 0 Å². The van der Waals surface area contributed by atoms with E-state index in [0.29, 0.717) is 25.4 Å². The minimum Gasteiger partial charge on any atom is -0.374 e. The summed E-state index contributed by atoms with van der Waals surface area (Å²) in [4.78, 5) is 27.3. The molecule has 3 heterocycles. The van der Waals surface area contributed by atoms with E-state index in [1.54, 1.807) is 31.4 Å². The molecule has 0 bridgehead atoms. The highest BCUT2D eigenvalue weighted by Gasteiger charge is 2.15. The van der Waals surface area contributed by atoms with Gasteiger partial charge in [0.2, 0.25) is 5.91 Å². The average Bonchev–Trinajstić information content (AvgIpc) is 2.78. The maximum absolute atomic E-state index is 11.9. The van der Waals surface area contributed by atoms with Gasteiger partial charge in [-0.25, -0.2) is 9.97 Å². The Hall–Kier alpha value is -3.10. The molecule has 0 unspecified atom stereocenters. The number of hydrogen-bond donors (Lipinski definition) is 2. The lowest BCUT2D eigenvalue weighted by Gasteiger charge is -2.24. The van der Waals surface area contributed by atoms with Gasteiger partial charge in [-0.2, -0.15) is 0 Å². The molecule has 1 amide bonds. The molecule has 0 saturated carbocycles. The van der Waals surface area contributed by atoms with Crippen molar-refractivity contribution in [1.29, 1.82) is 0 Å². The standard InChI is InChI=1S/C22H26N6O2/c1-28(2)20(29)11-15-3-5-16(6-4-15)18-12-19-21(25-8-7-24-19)22(27-18)26-14-17-13-23-9-10-30-17/h3-8,12,17,23H,9-11,13-14H2,1-2H3,(H,26,27)/t17-/m0/s1. The van der Waals surface area contributed by atoms with Crippen LogP contribution in [-0.4, -0.2) is 72.2 Å². The monoisotopic (exact) mass is 406 g/mol. The van der Waals surface area contributed by atoms with Crippen molar-refractivity contribution in [2.45, 2.75) is 12.5 Å². The van der Waals surface area contributed by atoms with Crippen molar-refractivity contribution in [3.63, 3.8) is 0 Å². The summed E-state index contributed by atoms with van der Waals surface area (Å²) in [5.74, 6) is 0.768. The number of nitrogens with one attached hydrogen (secondary N) is 2. The fourth-order valence-corrected chi connectivity index (χ4v) is 3.33. The van der Waals surface area contributed by atoms with E-state index in [1.165, 1.54) is 0 Å². The third-order valence-corrected chi connectivity index (χ3v) is 5.06. The number of likely N-dealkylation sites (N-methyl/N-ethyl adjacent to an activating group) is 1. The largest absolute Gasteiger partial charge is 0.374 e. The van der Waals surface area contributed by atoms with Crippen molar-refractivity contribution < 1.29 is 9.53 Å². The smallest absolute Gasteiger partial charge is 0.226 e. The number of rotatable bonds is 6. The van der Waals surface area contributed by atoms with Gasteiger partial charge in [-0.1, -0.05) is 24.3 Å². The predicted molar refractivity (Wildman–Crippen MR) is 116 cm³/mol. The van der Waals surface area contributed by atoms with Crippen LogP contribution in [0.25, 0.3) is 22.3 Å². The summed E-state index contributed by atoms with van der Waals surface area (Å²) >= 11 is 0. The number of anilines is 1. The number of benzene rings is 1. The van der Waals surface area contributed by atoms with Crippen LogP contribution in [0.1, 0.15) is 5.56 Å². The Bertz CT molecular complexity index is 1020. The highest BCUT2D eigenvalue weighted by Crippen LogP contribution is 2.26. The molecule has 2 N–H and O–H groups in total. The maximum Gasteiger partial charge on any atom is 0.226 e. The third kappa shape index (κ3) is 4.72. The molecule has 4 rings (SSSR count). The van der Waals surface area contributed by atoms with E-state index in [0.717, 1.165) is 40.9 Å². The molecular weight excluding hydrogens is 380 g/mol. The molecule has 0 aliphatic carbocycles. The molecule has 2 aromatic heterocycles. The van der Waals surface area contributed by atoms with E-state index in [2.05, 4.69) is 20.6 Å². The molecule has 1 atom stereocenters. The Morgan fingerprint density at radius 1 is 1.23 bits per heavy atom. The Labute approximate surface area is 175 Å². The molecule has 1 aliphatic rings. The van der Waals surface area contributed by atoms with Crippen LogP contribution in [0, 0.1) is 0 Å². The number of nitrogens with zero attached hydrogens (tertiary/aromatic N) is 4. The quantitative estimate of drug-likeness (QED) is 0.644. The van der Waals surface area contributed by atoms with Gasteiger partial charge < -0.3 is 20.3 Å². The van der Waals surface area contributed by atoms with Crippen LogP contribution in [0.15, 0.2) is 42.7 Å². The van der Waals surface area contributed by atoms with Crippen LogP contribution in [-0.2, 0) is 16.0 Å². The number of carbonyl (C=O) groups is 1. The molecule has 3 aromatic rings. The van der Waals surface area contributed by atoms with Crippen LogP contribution in [0.3, 0.4) is 0 Å². The topological polar surface area (TPSA) is 92.3 Å². The number of hydrogen-bond acceptors (Lipinski definition) is 7. The highest BCUT2D eigenvalue weighted by molar-refractivity contribution is 5.88. The maximum atomic E-state index is 11.9. The third-order valence-electron chi connectivity index (χ3n) is 5.06. The number of ether oxygens (including phenoxy) is 1. The van der Waals surface area contributed by atoms with Gasteiger partial charge in [0.1, 0.15) is 5.52 Å². The van der Waals surface area contributed by atoms with Gasteiger partial charge in [0, 0.05) is 51.7 Å². The molecule has 0 radical (unpaired) electrons. The first kappa shape index (κ1) is 20.2. The fraction of sp³-hybridized carbons (Fsp3) is 0.364. The first-order chi connectivity index (χ1) is 14.6. The minimum atomic E-state index is 0.0766. The lowest BCUT2D eigenvalue weighted by Crippen LogP contribution is -2.42. The molecule has 8 heteroatoms. The summed E-state index contributed by atoms with van der Waals surface area (Å²) in [6, 6.07) is 9.84. The van der Waals surface area contributed by atoms with Crippen molar-refractivity contribution in [1.82, 2.24) is 25.2 Å². The number of fused-ring (bicyclic) bond motifs is 1. The van der Waals surface area contributed by atoms with E-state index in [-0.39, 0.29) is 12.0 Å². The second kappa shape index (κ2) is 9.15. The van der Waals surface area contributed by atoms with Crippen LogP contribution in [0.4, 0.5) is 5.82 Å². The number of aromatic nitrogens is 3. The van der Waals surface area contributed by atoms with Crippen molar-refractivity contribution >= 4 is 22.8 Å². The SMILES string of the molecule is CN(C)C(=O)Cc1ccc(-c2cc3nccnc3c(NC[C@@H]3CNCCO3)n2)cc1. The van der Waals surface area contributed by atoms with Crippen LogP contribution >= 0.6 is 0 Å². The van der Waals surface area contributed by atoms with E-state index in [1.807, 2.05) is 30.3 Å². The van der Waals surface area contributed by atoms with Crippen molar-refractivity contribution in [2.24, 2.45) is 0 Å². The normalized spacial score (nSPS) is 16.4. The number of morpholine rings is 1. The fourth-order valence-electron chi connectivity index (χ4n) is 3.33. The second-order valence-electron chi connectivity index (χ2n) is 7.52. The van der Waals surface area contributed by atoms with E-state index < -0.39 is 0 Å². The van der Waals surface area contributed by atoms with Gasteiger partial charge in [-0.3, -0.25) is 9.78 Å². The van der Waals surface area contributed by atoms with E-state index in [9.17, 15) is 4.79 Å². The van der Waals surface area contributed by atoms with Gasteiger partial charge in [-0.15, -0.1) is 0 Å². The molecule has 1 saturated heterocycles. The molecule has 156 valence electrons. The highest BCUT2D eigenvalue weighted by atomic mass is 16.5. The zero-order chi connectivity index (χ0) is 20.9. The Balaban J connectivity index is 1.58. The Kier molecular flexibility index (Phi) is 6.15. The van der Waals surface area contributed by atoms with Crippen molar-refractivity contribution in [3.8, 4) is 11.3 Å². The van der Waals surface area contributed by atoms with Gasteiger partial charge in [0.05, 0.1) is 30.3 Å². The molecule has 0 spiro atoms. The predicted octanol–water partition coefficient (Wildman–Crippen LogP) is 1.72. The lowest BCUT2D eigenvalue weighted by molar-refractivity contribution is -0.127. The van der Waals surface area contributed by atoms with Crippen LogP contribution in [0.2, 0.25) is 0 Å². The Morgan fingerprint density at radius 3 is 2.77 bits per heavy atom. The summed E-state index contributed by atoms with van der Waals surface area (Å²) in [6.45, 7) is 3.04. The van der Waals surface area contributed by atoms with Crippen LogP contribution in [0.5, 0.6) is 0 Å². The van der Waals surface area contributed by atoms with Gasteiger partial charge in [0.15, 0.2) is 5.82 Å². The number of pyridine rings is 1. The molecule has 8 nitrogen and oxygen atoms in total. The first-order valence-electron chi connectivity index (χ1n) is 10.1. The Morgan fingerprint density at radius 2 is 2.03 bits per heavy atom. The molecular formula is C22H26N6O2. The first-order valence-corrected chi connectivity index (χ1v) is 10.1. The average molecular weight is 406 g/mol. The van der Waals surface area contributed by atoms with Crippen molar-refractivity contribution in [3.05, 3.63) is 48.3 Å². The zero-order valence-electron chi connectivity index (χ0n) is 17.3. The van der Waals surface area contributed by atoms with Gasteiger partial charge in [-0.05, 0) is 11.6 Å². The molecule has 1 aliphatic heterocycles. The van der Waals surface area contributed by atoms with Gasteiger partial charge in [0.25, 0.3) is 0 Å².